The maximum absolute atomic E-state index is 13.1. The molecular formula is C28H32N2O3. The van der Waals surface area contributed by atoms with Gasteiger partial charge in [0.25, 0.3) is 5.91 Å². The van der Waals surface area contributed by atoms with Crippen LogP contribution in [0.25, 0.3) is 10.8 Å². The molecule has 5 nitrogen and oxygen atoms in total. The predicted octanol–water partition coefficient (Wildman–Crippen LogP) is 4.14. The van der Waals surface area contributed by atoms with Crippen LogP contribution in [-0.2, 0) is 6.42 Å². The third-order valence-corrected chi connectivity index (χ3v) is 7.40. The number of aryl methyl sites for hydroxylation is 1. The lowest BCUT2D eigenvalue weighted by Gasteiger charge is -2.40. The van der Waals surface area contributed by atoms with E-state index in [-0.39, 0.29) is 5.91 Å². The minimum Gasteiger partial charge on any atom is -0.390 e. The fourth-order valence-electron chi connectivity index (χ4n) is 5.38. The van der Waals surface area contributed by atoms with Crippen molar-refractivity contribution in [2.45, 2.75) is 43.9 Å². The first-order chi connectivity index (χ1) is 16.0. The van der Waals surface area contributed by atoms with Crippen LogP contribution in [0.5, 0.6) is 0 Å². The molecule has 1 amide bonds. The average molecular weight is 445 g/mol. The van der Waals surface area contributed by atoms with E-state index in [0.717, 1.165) is 61.5 Å². The second-order valence-corrected chi connectivity index (χ2v) is 9.53. The smallest absolute Gasteiger partial charge is 0.256 e. The molecule has 3 aromatic carbocycles. The molecule has 5 rings (SSSR count). The van der Waals surface area contributed by atoms with E-state index in [4.69, 9.17) is 0 Å². The lowest BCUT2D eigenvalue weighted by molar-refractivity contribution is -0.0357. The third kappa shape index (κ3) is 4.54. The molecule has 0 spiro atoms. The van der Waals surface area contributed by atoms with Crippen LogP contribution in [0.2, 0.25) is 0 Å². The number of likely N-dealkylation sites (tertiary alicyclic amines) is 1. The highest BCUT2D eigenvalue weighted by Gasteiger charge is 2.35. The Hall–Kier alpha value is -2.73. The summed E-state index contributed by atoms with van der Waals surface area (Å²) in [6.45, 7) is 2.79. The molecule has 33 heavy (non-hydrogen) atoms. The molecule has 1 unspecified atom stereocenters. The first-order valence-corrected chi connectivity index (χ1v) is 12.0. The molecule has 1 fully saturated rings. The fourth-order valence-corrected chi connectivity index (χ4v) is 5.38. The minimum atomic E-state index is -0.921. The number of amides is 1. The second-order valence-electron chi connectivity index (χ2n) is 9.53. The Morgan fingerprint density at radius 3 is 2.39 bits per heavy atom. The Morgan fingerprint density at radius 2 is 1.64 bits per heavy atom. The largest absolute Gasteiger partial charge is 0.390 e. The van der Waals surface area contributed by atoms with Crippen LogP contribution in [0.4, 0.5) is 0 Å². The first-order valence-electron chi connectivity index (χ1n) is 12.0. The molecule has 2 heterocycles. The highest BCUT2D eigenvalue weighted by atomic mass is 16.3. The Kier molecular flexibility index (Phi) is 6.19. The molecule has 0 aliphatic carbocycles. The maximum Gasteiger partial charge on any atom is 0.256 e. The van der Waals surface area contributed by atoms with E-state index in [2.05, 4.69) is 29.2 Å². The average Bonchev–Trinajstić information content (AvgIpc) is 2.84. The zero-order valence-corrected chi connectivity index (χ0v) is 19.0. The van der Waals surface area contributed by atoms with Gasteiger partial charge < -0.3 is 20.0 Å². The number of hydrogen-bond acceptors (Lipinski definition) is 4. The number of piperidine rings is 1. The summed E-state index contributed by atoms with van der Waals surface area (Å²) >= 11 is 0. The normalized spacial score (nSPS) is 20.4. The van der Waals surface area contributed by atoms with Gasteiger partial charge >= 0.3 is 0 Å². The molecule has 2 N–H and O–H groups in total. The van der Waals surface area contributed by atoms with Crippen LogP contribution < -0.4 is 0 Å². The zero-order valence-electron chi connectivity index (χ0n) is 19.0. The number of hydrogen-bond donors (Lipinski definition) is 2. The molecular weight excluding hydrogens is 412 g/mol. The van der Waals surface area contributed by atoms with Crippen molar-refractivity contribution in [3.05, 3.63) is 83.4 Å². The van der Waals surface area contributed by atoms with Crippen molar-refractivity contribution in [1.82, 2.24) is 9.80 Å². The van der Waals surface area contributed by atoms with Crippen molar-refractivity contribution in [2.24, 2.45) is 0 Å². The third-order valence-electron chi connectivity index (χ3n) is 7.40. The van der Waals surface area contributed by atoms with Crippen LogP contribution in [0.15, 0.2) is 66.7 Å². The quantitative estimate of drug-likeness (QED) is 0.575. The molecule has 0 aromatic heterocycles. The monoisotopic (exact) mass is 444 g/mol. The van der Waals surface area contributed by atoms with Gasteiger partial charge in [-0.05, 0) is 49.1 Å². The Labute approximate surface area is 195 Å². The fraction of sp³-hybridized carbons (Fsp3) is 0.393. The van der Waals surface area contributed by atoms with E-state index in [0.29, 0.717) is 18.7 Å². The van der Waals surface area contributed by atoms with Gasteiger partial charge in [-0.3, -0.25) is 4.79 Å². The number of nitrogens with zero attached hydrogens (tertiary/aromatic N) is 2. The molecule has 1 atom stereocenters. The standard InChI is InChI=1S/C28H32N2O3/c31-26-23-12-4-10-22-11-5-13-24(25(22)23)27(32)30(26)20-19-29-17-15-28(33,16-18-29)14-6-9-21-7-2-1-3-8-21/h1-5,7-8,10-13,26,31,33H,6,9,14-20H2. The van der Waals surface area contributed by atoms with E-state index >= 15 is 0 Å². The van der Waals surface area contributed by atoms with Crippen molar-refractivity contribution in [3.8, 4) is 0 Å². The van der Waals surface area contributed by atoms with Gasteiger partial charge in [0, 0.05) is 42.7 Å². The van der Waals surface area contributed by atoms with Crippen LogP contribution in [-0.4, -0.2) is 57.7 Å². The van der Waals surface area contributed by atoms with Crippen molar-refractivity contribution in [1.29, 1.82) is 0 Å². The highest BCUT2D eigenvalue weighted by molar-refractivity contribution is 6.10. The Bertz CT molecular complexity index is 1120. The van der Waals surface area contributed by atoms with E-state index in [9.17, 15) is 15.0 Å². The summed E-state index contributed by atoms with van der Waals surface area (Å²) in [6.07, 6.45) is 3.38. The molecule has 3 aromatic rings. The predicted molar refractivity (Wildman–Crippen MR) is 130 cm³/mol. The zero-order chi connectivity index (χ0) is 22.8. The van der Waals surface area contributed by atoms with Gasteiger partial charge in [-0.1, -0.05) is 60.7 Å². The lowest BCUT2D eigenvalue weighted by Crippen LogP contribution is -2.48. The maximum atomic E-state index is 13.1. The topological polar surface area (TPSA) is 64.0 Å². The van der Waals surface area contributed by atoms with Crippen molar-refractivity contribution in [2.75, 3.05) is 26.2 Å². The number of benzene rings is 3. The summed E-state index contributed by atoms with van der Waals surface area (Å²) in [5.74, 6) is -0.110. The lowest BCUT2D eigenvalue weighted by atomic mass is 9.86. The van der Waals surface area contributed by atoms with Gasteiger partial charge in [0.2, 0.25) is 0 Å². The van der Waals surface area contributed by atoms with Crippen LogP contribution in [0, 0.1) is 0 Å². The van der Waals surface area contributed by atoms with Crippen LogP contribution in [0.3, 0.4) is 0 Å². The van der Waals surface area contributed by atoms with Crippen molar-refractivity contribution in [3.63, 3.8) is 0 Å². The van der Waals surface area contributed by atoms with Crippen LogP contribution in [0.1, 0.15) is 53.4 Å². The number of carbonyl (C=O) groups is 1. The van der Waals surface area contributed by atoms with Crippen molar-refractivity contribution >= 4 is 16.7 Å². The summed E-state index contributed by atoms with van der Waals surface area (Å²) in [7, 11) is 0. The summed E-state index contributed by atoms with van der Waals surface area (Å²) in [5, 5.41) is 23.8. The number of aliphatic hydroxyl groups is 2. The van der Waals surface area contributed by atoms with Crippen molar-refractivity contribution < 1.29 is 15.0 Å². The Balaban J connectivity index is 1.15. The molecule has 0 saturated carbocycles. The number of rotatable bonds is 7. The van der Waals surface area contributed by atoms with E-state index in [1.165, 1.54) is 5.56 Å². The number of carbonyl (C=O) groups excluding carboxylic acids is 1. The molecule has 2 aliphatic rings. The van der Waals surface area contributed by atoms with Gasteiger partial charge in [-0.2, -0.15) is 0 Å². The van der Waals surface area contributed by atoms with Crippen LogP contribution >= 0.6 is 0 Å². The van der Waals surface area contributed by atoms with E-state index in [1.807, 2.05) is 42.5 Å². The number of aliphatic hydroxyl groups excluding tert-OH is 1. The molecule has 5 heteroatoms. The van der Waals surface area contributed by atoms with E-state index in [1.54, 1.807) is 4.90 Å². The van der Waals surface area contributed by atoms with Gasteiger partial charge in [0.05, 0.1) is 5.60 Å². The molecule has 172 valence electrons. The summed E-state index contributed by atoms with van der Waals surface area (Å²) in [6, 6.07) is 22.0. The Morgan fingerprint density at radius 1 is 0.909 bits per heavy atom. The molecule has 0 radical (unpaired) electrons. The summed E-state index contributed by atoms with van der Waals surface area (Å²) in [4.78, 5) is 17.0. The van der Waals surface area contributed by atoms with Gasteiger partial charge in [-0.15, -0.1) is 0 Å². The summed E-state index contributed by atoms with van der Waals surface area (Å²) in [5.41, 5.74) is 2.19. The second kappa shape index (κ2) is 9.26. The molecule has 0 bridgehead atoms. The SMILES string of the molecule is O=C1c2cccc3cccc(c23)C(O)N1CCN1CCC(O)(CCCc2ccccc2)CC1. The molecule has 1 saturated heterocycles. The van der Waals surface area contributed by atoms with E-state index < -0.39 is 11.8 Å². The van der Waals surface area contributed by atoms with Gasteiger partial charge in [0.15, 0.2) is 6.23 Å². The first kappa shape index (κ1) is 22.1. The van der Waals surface area contributed by atoms with Gasteiger partial charge in [-0.25, -0.2) is 0 Å². The van der Waals surface area contributed by atoms with Gasteiger partial charge in [0.1, 0.15) is 0 Å². The highest BCUT2D eigenvalue weighted by Crippen LogP contribution is 2.35. The minimum absolute atomic E-state index is 0.110. The summed E-state index contributed by atoms with van der Waals surface area (Å²) < 4.78 is 0. The molecule has 2 aliphatic heterocycles.